The molecule has 106 valence electrons. The Morgan fingerprint density at radius 1 is 1.45 bits per heavy atom. The van der Waals surface area contributed by atoms with E-state index in [0.717, 1.165) is 0 Å². The van der Waals surface area contributed by atoms with Crippen LogP contribution in [0.4, 0.5) is 10.5 Å². The largest absolute Gasteiger partial charge is 0.373 e. The first kappa shape index (κ1) is 15.8. The number of nitrogens with zero attached hydrogens (tertiary/aromatic N) is 1. The van der Waals surface area contributed by atoms with E-state index in [2.05, 4.69) is 16.0 Å². The summed E-state index contributed by atoms with van der Waals surface area (Å²) in [6.45, 7) is 3.79. The highest BCUT2D eigenvalue weighted by atomic mass is 35.5. The summed E-state index contributed by atoms with van der Waals surface area (Å²) in [5.74, 6) is -0.476. The van der Waals surface area contributed by atoms with Crippen LogP contribution in [-0.4, -0.2) is 24.5 Å². The highest BCUT2D eigenvalue weighted by Crippen LogP contribution is 2.23. The molecule has 1 aromatic carbocycles. The molecule has 3 N–H and O–H groups in total. The molecule has 0 radical (unpaired) electrons. The summed E-state index contributed by atoms with van der Waals surface area (Å²) in [5.41, 5.74) is 0.948. The third kappa shape index (κ3) is 4.44. The number of benzene rings is 1. The smallest absolute Gasteiger partial charge is 0.321 e. The molecule has 0 aliphatic carbocycles. The molecule has 0 aromatic heterocycles. The van der Waals surface area contributed by atoms with E-state index in [0.29, 0.717) is 22.8 Å². The molecule has 1 unspecified atom stereocenters. The lowest BCUT2D eigenvalue weighted by atomic mass is 10.2. The Hall–Kier alpha value is -2.26. The summed E-state index contributed by atoms with van der Waals surface area (Å²) in [5, 5.41) is 16.6. The van der Waals surface area contributed by atoms with Crippen molar-refractivity contribution in [3.63, 3.8) is 0 Å². The van der Waals surface area contributed by atoms with Gasteiger partial charge in [-0.2, -0.15) is 5.26 Å². The third-order valence-corrected chi connectivity index (χ3v) is 2.75. The number of urea groups is 1. The second-order valence-corrected chi connectivity index (χ2v) is 4.43. The summed E-state index contributed by atoms with van der Waals surface area (Å²) < 4.78 is 0. The Morgan fingerprint density at radius 2 is 2.15 bits per heavy atom. The van der Waals surface area contributed by atoms with Crippen molar-refractivity contribution in [2.45, 2.75) is 19.9 Å². The average molecular weight is 295 g/mol. The molecule has 0 fully saturated rings. The van der Waals surface area contributed by atoms with Gasteiger partial charge >= 0.3 is 6.03 Å². The first-order chi connectivity index (χ1) is 9.47. The Morgan fingerprint density at radius 3 is 2.70 bits per heavy atom. The van der Waals surface area contributed by atoms with E-state index in [4.69, 9.17) is 16.9 Å². The molecule has 0 spiro atoms. The van der Waals surface area contributed by atoms with Crippen LogP contribution >= 0.6 is 11.6 Å². The highest BCUT2D eigenvalue weighted by molar-refractivity contribution is 6.33. The third-order valence-electron chi connectivity index (χ3n) is 2.44. The maximum absolute atomic E-state index is 11.7. The molecule has 0 saturated carbocycles. The standard InChI is InChI=1S/C13H15ClN4O2/c1-3-16-13(20)18-12(19)8(2)17-11-5-4-9(7-15)6-10(11)14/h4-6,8,17H,3H2,1-2H3,(H2,16,18,19,20). The van der Waals surface area contributed by atoms with Crippen molar-refractivity contribution < 1.29 is 9.59 Å². The molecule has 0 heterocycles. The van der Waals surface area contributed by atoms with Gasteiger partial charge in [-0.1, -0.05) is 11.6 Å². The van der Waals surface area contributed by atoms with E-state index in [1.54, 1.807) is 26.0 Å². The van der Waals surface area contributed by atoms with Crippen LogP contribution in [0.2, 0.25) is 5.02 Å². The van der Waals surface area contributed by atoms with Gasteiger partial charge in [0.1, 0.15) is 6.04 Å². The minimum absolute atomic E-state index is 0.335. The molecule has 1 aromatic rings. The van der Waals surface area contributed by atoms with Crippen LogP contribution in [0.3, 0.4) is 0 Å². The summed E-state index contributed by atoms with van der Waals surface area (Å²) >= 11 is 5.99. The molecule has 0 saturated heterocycles. The highest BCUT2D eigenvalue weighted by Gasteiger charge is 2.16. The number of nitriles is 1. The zero-order chi connectivity index (χ0) is 15.1. The summed E-state index contributed by atoms with van der Waals surface area (Å²) in [4.78, 5) is 23.0. The van der Waals surface area contributed by atoms with E-state index in [9.17, 15) is 9.59 Å². The van der Waals surface area contributed by atoms with Crippen LogP contribution in [0.15, 0.2) is 18.2 Å². The van der Waals surface area contributed by atoms with E-state index in [-0.39, 0.29) is 0 Å². The Bertz CT molecular complexity index is 554. The minimum Gasteiger partial charge on any atom is -0.373 e. The second kappa shape index (κ2) is 7.36. The number of carbonyl (C=O) groups is 2. The number of halogens is 1. The van der Waals surface area contributed by atoms with Crippen molar-refractivity contribution in [1.29, 1.82) is 5.26 Å². The van der Waals surface area contributed by atoms with Crippen LogP contribution in [0.25, 0.3) is 0 Å². The molecule has 3 amide bonds. The van der Waals surface area contributed by atoms with Crippen LogP contribution in [0.5, 0.6) is 0 Å². The number of amides is 3. The lowest BCUT2D eigenvalue weighted by molar-refractivity contribution is -0.120. The van der Waals surface area contributed by atoms with Crippen molar-refractivity contribution in [1.82, 2.24) is 10.6 Å². The van der Waals surface area contributed by atoms with Gasteiger partial charge in [0.05, 0.1) is 22.3 Å². The van der Waals surface area contributed by atoms with Gasteiger partial charge in [-0.15, -0.1) is 0 Å². The van der Waals surface area contributed by atoms with Gasteiger partial charge in [0.25, 0.3) is 0 Å². The number of hydrogen-bond donors (Lipinski definition) is 3. The molecule has 6 nitrogen and oxygen atoms in total. The number of carbonyl (C=O) groups excluding carboxylic acids is 2. The number of imide groups is 1. The predicted molar refractivity (Wildman–Crippen MR) is 76.5 cm³/mol. The van der Waals surface area contributed by atoms with Crippen molar-refractivity contribution in [2.24, 2.45) is 0 Å². The van der Waals surface area contributed by atoms with Crippen molar-refractivity contribution >= 4 is 29.2 Å². The maximum Gasteiger partial charge on any atom is 0.321 e. The number of rotatable bonds is 4. The number of hydrogen-bond acceptors (Lipinski definition) is 4. The molecular formula is C13H15ClN4O2. The fourth-order valence-corrected chi connectivity index (χ4v) is 1.66. The zero-order valence-corrected chi connectivity index (χ0v) is 11.9. The quantitative estimate of drug-likeness (QED) is 0.790. The van der Waals surface area contributed by atoms with Gasteiger partial charge < -0.3 is 10.6 Å². The normalized spacial score (nSPS) is 11.1. The van der Waals surface area contributed by atoms with Gasteiger partial charge in [-0.3, -0.25) is 10.1 Å². The second-order valence-electron chi connectivity index (χ2n) is 4.02. The van der Waals surface area contributed by atoms with E-state index in [1.807, 2.05) is 6.07 Å². The maximum atomic E-state index is 11.7. The molecule has 20 heavy (non-hydrogen) atoms. The monoisotopic (exact) mass is 294 g/mol. The van der Waals surface area contributed by atoms with Gasteiger partial charge in [0, 0.05) is 6.54 Å². The van der Waals surface area contributed by atoms with E-state index in [1.165, 1.54) is 6.07 Å². The molecule has 0 bridgehead atoms. The summed E-state index contributed by atoms with van der Waals surface area (Å²) in [6.07, 6.45) is 0. The fourth-order valence-electron chi connectivity index (χ4n) is 1.43. The van der Waals surface area contributed by atoms with Crippen molar-refractivity contribution in [3.05, 3.63) is 28.8 Å². The van der Waals surface area contributed by atoms with Gasteiger partial charge in [-0.25, -0.2) is 4.79 Å². The Kier molecular flexibility index (Phi) is 5.81. The average Bonchev–Trinajstić information content (AvgIpc) is 2.41. The zero-order valence-electron chi connectivity index (χ0n) is 11.2. The fraction of sp³-hybridized carbons (Fsp3) is 0.308. The molecular weight excluding hydrogens is 280 g/mol. The van der Waals surface area contributed by atoms with Gasteiger partial charge in [0.15, 0.2) is 0 Å². The minimum atomic E-state index is -0.650. The summed E-state index contributed by atoms with van der Waals surface area (Å²) in [6, 6.07) is 5.46. The Balaban J connectivity index is 2.66. The Labute approximate surface area is 122 Å². The van der Waals surface area contributed by atoms with Crippen molar-refractivity contribution in [3.8, 4) is 6.07 Å². The predicted octanol–water partition coefficient (Wildman–Crippen LogP) is 1.86. The van der Waals surface area contributed by atoms with Crippen LogP contribution in [0.1, 0.15) is 19.4 Å². The van der Waals surface area contributed by atoms with Crippen molar-refractivity contribution in [2.75, 3.05) is 11.9 Å². The van der Waals surface area contributed by atoms with Crippen LogP contribution < -0.4 is 16.0 Å². The SMILES string of the molecule is CCNC(=O)NC(=O)C(C)Nc1ccc(C#N)cc1Cl. The lowest BCUT2D eigenvalue weighted by Crippen LogP contribution is -2.45. The van der Waals surface area contributed by atoms with E-state index >= 15 is 0 Å². The molecule has 0 aliphatic rings. The van der Waals surface area contributed by atoms with Crippen LogP contribution in [0, 0.1) is 11.3 Å². The summed E-state index contributed by atoms with van der Waals surface area (Å²) in [7, 11) is 0. The molecule has 1 atom stereocenters. The first-order valence-electron chi connectivity index (χ1n) is 6.02. The lowest BCUT2D eigenvalue weighted by Gasteiger charge is -2.15. The number of nitrogens with one attached hydrogen (secondary N) is 3. The first-order valence-corrected chi connectivity index (χ1v) is 6.40. The van der Waals surface area contributed by atoms with Gasteiger partial charge in [-0.05, 0) is 32.0 Å². The molecule has 1 rings (SSSR count). The van der Waals surface area contributed by atoms with E-state index < -0.39 is 18.0 Å². The van der Waals surface area contributed by atoms with Gasteiger partial charge in [0.2, 0.25) is 5.91 Å². The van der Waals surface area contributed by atoms with Crippen LogP contribution in [-0.2, 0) is 4.79 Å². The molecule has 0 aliphatic heterocycles. The topological polar surface area (TPSA) is 94.0 Å². The number of anilines is 1. The molecule has 7 heteroatoms.